The zero-order chi connectivity index (χ0) is 20.5. The number of anilines is 1. The molecule has 6 heteroatoms. The smallest absolute Gasteiger partial charge is 0.234 e. The van der Waals surface area contributed by atoms with E-state index in [2.05, 4.69) is 5.32 Å². The van der Waals surface area contributed by atoms with Crippen molar-refractivity contribution in [2.75, 3.05) is 16.8 Å². The van der Waals surface area contributed by atoms with Crippen LogP contribution in [0.2, 0.25) is 0 Å². The Bertz CT molecular complexity index is 926. The zero-order valence-corrected chi connectivity index (χ0v) is 17.2. The van der Waals surface area contributed by atoms with Gasteiger partial charge in [0, 0.05) is 12.2 Å². The topological polar surface area (TPSA) is 62.6 Å². The molecule has 150 valence electrons. The van der Waals surface area contributed by atoms with Crippen molar-refractivity contribution in [1.82, 2.24) is 4.90 Å². The summed E-state index contributed by atoms with van der Waals surface area (Å²) in [7, 11) is 0. The summed E-state index contributed by atoms with van der Waals surface area (Å²) in [6, 6.07) is 21.1. The summed E-state index contributed by atoms with van der Waals surface area (Å²) < 4.78 is 5.41. The van der Waals surface area contributed by atoms with Crippen molar-refractivity contribution in [3.63, 3.8) is 0 Å². The molecule has 0 aliphatic carbocycles. The van der Waals surface area contributed by atoms with Crippen LogP contribution in [0.3, 0.4) is 0 Å². The number of rotatable bonds is 9. The van der Waals surface area contributed by atoms with Crippen molar-refractivity contribution in [2.24, 2.45) is 0 Å². The fourth-order valence-electron chi connectivity index (χ4n) is 2.87. The number of furan rings is 1. The molecule has 0 radical (unpaired) electrons. The Labute approximate surface area is 175 Å². The fraction of sp³-hybridized carbons (Fsp3) is 0.217. The third-order valence-corrected chi connectivity index (χ3v) is 5.17. The van der Waals surface area contributed by atoms with Crippen LogP contribution in [0.15, 0.2) is 77.4 Å². The lowest BCUT2D eigenvalue weighted by Gasteiger charge is -2.22. The Kier molecular flexibility index (Phi) is 7.53. The number of nitrogens with zero attached hydrogens (tertiary/aromatic N) is 1. The highest BCUT2D eigenvalue weighted by Crippen LogP contribution is 2.14. The van der Waals surface area contributed by atoms with Crippen LogP contribution in [0.25, 0.3) is 0 Å². The minimum absolute atomic E-state index is 0.0291. The predicted molar refractivity (Wildman–Crippen MR) is 117 cm³/mol. The van der Waals surface area contributed by atoms with Gasteiger partial charge in [0.05, 0.1) is 24.3 Å². The average Bonchev–Trinajstić information content (AvgIpc) is 3.21. The SMILES string of the molecule is Cc1cccc(NC(=O)CSCC(=O)N(Cc2ccccc2)Cc2ccco2)c1. The second-order valence-electron chi connectivity index (χ2n) is 6.73. The number of hydrogen-bond acceptors (Lipinski definition) is 4. The maximum Gasteiger partial charge on any atom is 0.234 e. The normalized spacial score (nSPS) is 10.5. The molecule has 1 N–H and O–H groups in total. The summed E-state index contributed by atoms with van der Waals surface area (Å²) in [4.78, 5) is 26.7. The highest BCUT2D eigenvalue weighted by atomic mass is 32.2. The predicted octanol–water partition coefficient (Wildman–Crippen LogP) is 4.49. The first kappa shape index (κ1) is 20.7. The molecule has 0 aliphatic rings. The second-order valence-corrected chi connectivity index (χ2v) is 7.71. The molecule has 0 aliphatic heterocycles. The third kappa shape index (κ3) is 6.84. The number of carbonyl (C=O) groups excluding carboxylic acids is 2. The number of hydrogen-bond donors (Lipinski definition) is 1. The van der Waals surface area contributed by atoms with Gasteiger partial charge in [-0.15, -0.1) is 11.8 Å². The Hall–Kier alpha value is -2.99. The van der Waals surface area contributed by atoms with Crippen molar-refractivity contribution in [1.29, 1.82) is 0 Å². The highest BCUT2D eigenvalue weighted by molar-refractivity contribution is 8.00. The maximum absolute atomic E-state index is 12.8. The van der Waals surface area contributed by atoms with Crippen LogP contribution in [0.4, 0.5) is 5.69 Å². The summed E-state index contributed by atoms with van der Waals surface area (Å²) in [5.41, 5.74) is 2.90. The average molecular weight is 409 g/mol. The van der Waals surface area contributed by atoms with E-state index in [0.29, 0.717) is 13.1 Å². The molecular weight excluding hydrogens is 384 g/mol. The maximum atomic E-state index is 12.8. The number of thioether (sulfide) groups is 1. The lowest BCUT2D eigenvalue weighted by Crippen LogP contribution is -2.31. The van der Waals surface area contributed by atoms with Crippen molar-refractivity contribution in [2.45, 2.75) is 20.0 Å². The number of nitrogens with one attached hydrogen (secondary N) is 1. The summed E-state index contributed by atoms with van der Waals surface area (Å²) in [6.45, 7) is 2.87. The van der Waals surface area contributed by atoms with E-state index in [9.17, 15) is 9.59 Å². The molecule has 29 heavy (non-hydrogen) atoms. The van der Waals surface area contributed by atoms with Crippen molar-refractivity contribution in [3.05, 3.63) is 89.9 Å². The molecular formula is C23H24N2O3S. The molecule has 0 fully saturated rings. The minimum Gasteiger partial charge on any atom is -0.467 e. The van der Waals surface area contributed by atoms with E-state index in [-0.39, 0.29) is 23.3 Å². The number of aryl methyl sites for hydroxylation is 1. The Balaban J connectivity index is 1.52. The molecule has 5 nitrogen and oxygen atoms in total. The van der Waals surface area contributed by atoms with Gasteiger partial charge in [0.2, 0.25) is 11.8 Å². The number of carbonyl (C=O) groups is 2. The van der Waals surface area contributed by atoms with Gasteiger partial charge < -0.3 is 14.6 Å². The number of amides is 2. The molecule has 2 amide bonds. The molecule has 0 saturated carbocycles. The monoisotopic (exact) mass is 408 g/mol. The van der Waals surface area contributed by atoms with E-state index in [1.54, 1.807) is 11.2 Å². The lowest BCUT2D eigenvalue weighted by molar-refractivity contribution is -0.129. The van der Waals surface area contributed by atoms with Crippen LogP contribution in [0.5, 0.6) is 0 Å². The first-order chi connectivity index (χ1) is 14.1. The van der Waals surface area contributed by atoms with Gasteiger partial charge >= 0.3 is 0 Å². The summed E-state index contributed by atoms with van der Waals surface area (Å²) >= 11 is 1.31. The molecule has 3 rings (SSSR count). The standard InChI is InChI=1S/C23H24N2O3S/c1-18-7-5-10-20(13-18)24-22(26)16-29-17-23(27)25(15-21-11-6-12-28-21)14-19-8-3-2-4-9-19/h2-13H,14-17H2,1H3,(H,24,26). The third-order valence-electron chi connectivity index (χ3n) is 4.26. The molecule has 0 atom stereocenters. The van der Waals surface area contributed by atoms with E-state index < -0.39 is 0 Å². The number of benzene rings is 2. The largest absolute Gasteiger partial charge is 0.467 e. The molecule has 3 aromatic rings. The Morgan fingerprint density at radius 2 is 1.79 bits per heavy atom. The van der Waals surface area contributed by atoms with Gasteiger partial charge in [0.1, 0.15) is 5.76 Å². The van der Waals surface area contributed by atoms with Gasteiger partial charge in [0.15, 0.2) is 0 Å². The van der Waals surface area contributed by atoms with Crippen molar-refractivity contribution >= 4 is 29.3 Å². The van der Waals surface area contributed by atoms with Crippen LogP contribution in [0.1, 0.15) is 16.9 Å². The van der Waals surface area contributed by atoms with Crippen LogP contribution in [0, 0.1) is 6.92 Å². The van der Waals surface area contributed by atoms with E-state index in [1.807, 2.05) is 73.7 Å². The van der Waals surface area contributed by atoms with Gasteiger partial charge in [-0.25, -0.2) is 0 Å². The van der Waals surface area contributed by atoms with E-state index >= 15 is 0 Å². The van der Waals surface area contributed by atoms with Crippen molar-refractivity contribution < 1.29 is 14.0 Å². The Morgan fingerprint density at radius 1 is 0.966 bits per heavy atom. The van der Waals surface area contributed by atoms with Crippen LogP contribution < -0.4 is 5.32 Å². The van der Waals surface area contributed by atoms with E-state index in [0.717, 1.165) is 22.6 Å². The fourth-order valence-corrected chi connectivity index (χ4v) is 3.59. The molecule has 1 heterocycles. The molecule has 1 aromatic heterocycles. The van der Waals surface area contributed by atoms with Gasteiger partial charge in [-0.05, 0) is 42.3 Å². The lowest BCUT2D eigenvalue weighted by atomic mass is 10.2. The Morgan fingerprint density at radius 3 is 2.52 bits per heavy atom. The first-order valence-corrected chi connectivity index (χ1v) is 10.5. The first-order valence-electron chi connectivity index (χ1n) is 9.38. The molecule has 0 bridgehead atoms. The van der Waals surface area contributed by atoms with Gasteiger partial charge in [-0.1, -0.05) is 42.5 Å². The van der Waals surface area contributed by atoms with Crippen LogP contribution in [-0.4, -0.2) is 28.2 Å². The van der Waals surface area contributed by atoms with Crippen LogP contribution >= 0.6 is 11.8 Å². The van der Waals surface area contributed by atoms with Crippen molar-refractivity contribution in [3.8, 4) is 0 Å². The van der Waals surface area contributed by atoms with Crippen LogP contribution in [-0.2, 0) is 22.7 Å². The quantitative estimate of drug-likeness (QED) is 0.567. The summed E-state index contributed by atoms with van der Waals surface area (Å²) in [6.07, 6.45) is 1.60. The van der Waals surface area contributed by atoms with E-state index in [1.165, 1.54) is 11.8 Å². The second kappa shape index (κ2) is 10.5. The van der Waals surface area contributed by atoms with E-state index in [4.69, 9.17) is 4.42 Å². The molecule has 0 unspecified atom stereocenters. The molecule has 0 saturated heterocycles. The zero-order valence-electron chi connectivity index (χ0n) is 16.3. The highest BCUT2D eigenvalue weighted by Gasteiger charge is 2.16. The van der Waals surface area contributed by atoms with Gasteiger partial charge in [0.25, 0.3) is 0 Å². The summed E-state index contributed by atoms with van der Waals surface area (Å²) in [5, 5.41) is 2.86. The van der Waals surface area contributed by atoms with Gasteiger partial charge in [-0.3, -0.25) is 9.59 Å². The van der Waals surface area contributed by atoms with Gasteiger partial charge in [-0.2, -0.15) is 0 Å². The molecule has 2 aromatic carbocycles. The molecule has 0 spiro atoms. The summed E-state index contributed by atoms with van der Waals surface area (Å²) in [5.74, 6) is 1.04. The minimum atomic E-state index is -0.117.